The van der Waals surface area contributed by atoms with Gasteiger partial charge in [-0.3, -0.25) is 4.79 Å². The minimum absolute atomic E-state index is 0.132. The van der Waals surface area contributed by atoms with Crippen molar-refractivity contribution in [3.8, 4) is 0 Å². The minimum atomic E-state index is -0.919. The summed E-state index contributed by atoms with van der Waals surface area (Å²) in [4.78, 5) is 26.0. The largest absolute Gasteiger partial charge is 0.478 e. The first-order valence-electron chi connectivity index (χ1n) is 11.4. The summed E-state index contributed by atoms with van der Waals surface area (Å²) in [6.07, 6.45) is 2.00. The van der Waals surface area contributed by atoms with Crippen LogP contribution in [0.2, 0.25) is 0 Å². The Hall–Kier alpha value is -3.44. The summed E-state index contributed by atoms with van der Waals surface area (Å²) in [5.41, 5.74) is 5.75. The van der Waals surface area contributed by atoms with Crippen molar-refractivity contribution < 1.29 is 14.7 Å². The van der Waals surface area contributed by atoms with E-state index in [-0.39, 0.29) is 17.0 Å². The SMILES string of the molecule is CC(C)(NCCC(=O)N1CCc2c(Cc3ccc(C(=O)O)cc3)cccc21)c1ccccc1. The van der Waals surface area contributed by atoms with Gasteiger partial charge in [-0.1, -0.05) is 54.6 Å². The molecule has 33 heavy (non-hydrogen) atoms. The van der Waals surface area contributed by atoms with Gasteiger partial charge in [0.1, 0.15) is 0 Å². The lowest BCUT2D eigenvalue weighted by atomic mass is 9.94. The first kappa shape index (κ1) is 22.7. The predicted molar refractivity (Wildman–Crippen MR) is 131 cm³/mol. The molecule has 0 saturated heterocycles. The predicted octanol–water partition coefficient (Wildman–Crippen LogP) is 4.78. The molecule has 3 aromatic rings. The van der Waals surface area contributed by atoms with Crippen molar-refractivity contribution in [2.75, 3.05) is 18.0 Å². The maximum absolute atomic E-state index is 13.0. The van der Waals surface area contributed by atoms with Crippen LogP contribution in [0.4, 0.5) is 5.69 Å². The number of nitrogens with one attached hydrogen (secondary N) is 1. The Balaban J connectivity index is 1.40. The number of aromatic carboxylic acids is 1. The van der Waals surface area contributed by atoms with Crippen molar-refractivity contribution in [3.05, 3.63) is 101 Å². The van der Waals surface area contributed by atoms with Crippen molar-refractivity contribution in [1.82, 2.24) is 5.32 Å². The maximum Gasteiger partial charge on any atom is 0.335 e. The van der Waals surface area contributed by atoms with E-state index in [1.807, 2.05) is 47.4 Å². The zero-order valence-corrected chi connectivity index (χ0v) is 19.2. The van der Waals surface area contributed by atoms with Crippen molar-refractivity contribution in [2.24, 2.45) is 0 Å². The van der Waals surface area contributed by atoms with Crippen LogP contribution >= 0.6 is 0 Å². The maximum atomic E-state index is 13.0. The molecule has 1 amide bonds. The number of carboxylic acid groups (broad SMARTS) is 1. The number of rotatable bonds is 8. The number of carboxylic acids is 1. The molecule has 0 saturated carbocycles. The Bertz CT molecular complexity index is 1140. The van der Waals surface area contributed by atoms with E-state index in [4.69, 9.17) is 5.11 Å². The summed E-state index contributed by atoms with van der Waals surface area (Å²) in [7, 11) is 0. The van der Waals surface area contributed by atoms with Crippen LogP contribution < -0.4 is 10.2 Å². The molecule has 170 valence electrons. The third-order valence-electron chi connectivity index (χ3n) is 6.42. The number of anilines is 1. The minimum Gasteiger partial charge on any atom is -0.478 e. The van der Waals surface area contributed by atoms with Gasteiger partial charge in [-0.15, -0.1) is 0 Å². The van der Waals surface area contributed by atoms with Crippen LogP contribution in [0.25, 0.3) is 0 Å². The summed E-state index contributed by atoms with van der Waals surface area (Å²) in [5, 5.41) is 12.6. The van der Waals surface area contributed by atoms with Gasteiger partial charge < -0.3 is 15.3 Å². The van der Waals surface area contributed by atoms with E-state index in [9.17, 15) is 9.59 Å². The van der Waals surface area contributed by atoms with Gasteiger partial charge in [-0.05, 0) is 67.1 Å². The van der Waals surface area contributed by atoms with Crippen molar-refractivity contribution >= 4 is 17.6 Å². The van der Waals surface area contributed by atoms with Crippen LogP contribution in [0.5, 0.6) is 0 Å². The fourth-order valence-corrected chi connectivity index (χ4v) is 4.49. The number of hydrogen-bond donors (Lipinski definition) is 2. The smallest absolute Gasteiger partial charge is 0.335 e. The lowest BCUT2D eigenvalue weighted by Crippen LogP contribution is -2.39. The molecule has 0 bridgehead atoms. The molecule has 1 aliphatic rings. The monoisotopic (exact) mass is 442 g/mol. The molecule has 0 aromatic heterocycles. The third-order valence-corrected chi connectivity index (χ3v) is 6.42. The Morgan fingerprint density at radius 2 is 1.70 bits per heavy atom. The van der Waals surface area contributed by atoms with E-state index in [1.54, 1.807) is 12.1 Å². The second-order valence-corrected chi connectivity index (χ2v) is 9.06. The summed E-state index contributed by atoms with van der Waals surface area (Å²) in [6.45, 7) is 5.58. The van der Waals surface area contributed by atoms with Crippen LogP contribution in [0, 0.1) is 0 Å². The van der Waals surface area contributed by atoms with Crippen molar-refractivity contribution in [1.29, 1.82) is 0 Å². The zero-order chi connectivity index (χ0) is 23.4. The second-order valence-electron chi connectivity index (χ2n) is 9.06. The standard InChI is InChI=1S/C28H30N2O3/c1-28(2,23-8-4-3-5-9-23)29-17-15-26(31)30-18-16-24-22(7-6-10-25(24)30)19-20-11-13-21(14-12-20)27(32)33/h3-14,29H,15-19H2,1-2H3,(H,32,33). The molecule has 0 fully saturated rings. The van der Waals surface area contributed by atoms with E-state index in [0.29, 0.717) is 19.5 Å². The fraction of sp³-hybridized carbons (Fsp3) is 0.286. The van der Waals surface area contributed by atoms with Crippen molar-refractivity contribution in [2.45, 2.75) is 38.6 Å². The number of carbonyl (C=O) groups excluding carboxylic acids is 1. The Morgan fingerprint density at radius 1 is 0.970 bits per heavy atom. The lowest BCUT2D eigenvalue weighted by Gasteiger charge is -2.27. The molecule has 0 unspecified atom stereocenters. The molecular formula is C28H30N2O3. The van der Waals surface area contributed by atoms with Gasteiger partial charge in [0.2, 0.25) is 5.91 Å². The number of fused-ring (bicyclic) bond motifs is 1. The summed E-state index contributed by atoms with van der Waals surface area (Å²) in [6, 6.07) is 23.4. The molecule has 0 atom stereocenters. The molecule has 0 spiro atoms. The second kappa shape index (κ2) is 9.59. The van der Waals surface area contributed by atoms with Crippen LogP contribution in [0.3, 0.4) is 0 Å². The van der Waals surface area contributed by atoms with Crippen LogP contribution in [-0.4, -0.2) is 30.1 Å². The molecule has 0 radical (unpaired) electrons. The normalized spacial score (nSPS) is 13.1. The summed E-state index contributed by atoms with van der Waals surface area (Å²) < 4.78 is 0. The zero-order valence-electron chi connectivity index (χ0n) is 19.2. The topological polar surface area (TPSA) is 69.6 Å². The summed E-state index contributed by atoms with van der Waals surface area (Å²) >= 11 is 0. The quantitative estimate of drug-likeness (QED) is 0.527. The van der Waals surface area contributed by atoms with E-state index in [1.165, 1.54) is 16.7 Å². The number of hydrogen-bond acceptors (Lipinski definition) is 3. The van der Waals surface area contributed by atoms with Gasteiger partial charge in [0.05, 0.1) is 5.56 Å². The Morgan fingerprint density at radius 3 is 2.39 bits per heavy atom. The molecule has 1 heterocycles. The molecule has 4 rings (SSSR count). The summed E-state index contributed by atoms with van der Waals surface area (Å²) in [5.74, 6) is -0.786. The molecule has 1 aliphatic heterocycles. The Labute approximate surface area is 195 Å². The molecule has 5 heteroatoms. The lowest BCUT2D eigenvalue weighted by molar-refractivity contribution is -0.118. The van der Waals surface area contributed by atoms with Gasteiger partial charge in [-0.2, -0.15) is 0 Å². The molecule has 5 nitrogen and oxygen atoms in total. The van der Waals surface area contributed by atoms with Crippen LogP contribution in [0.1, 0.15) is 52.9 Å². The molecular weight excluding hydrogens is 412 g/mol. The average molecular weight is 443 g/mol. The van der Waals surface area contributed by atoms with Crippen molar-refractivity contribution in [3.63, 3.8) is 0 Å². The Kier molecular flexibility index (Phi) is 6.61. The molecule has 0 aliphatic carbocycles. The van der Waals surface area contributed by atoms with Gasteiger partial charge in [-0.25, -0.2) is 4.79 Å². The van der Waals surface area contributed by atoms with Gasteiger partial charge in [0.15, 0.2) is 0 Å². The van der Waals surface area contributed by atoms with E-state index < -0.39 is 5.97 Å². The molecule has 2 N–H and O–H groups in total. The van der Waals surface area contributed by atoms with E-state index in [2.05, 4.69) is 37.4 Å². The van der Waals surface area contributed by atoms with E-state index in [0.717, 1.165) is 24.1 Å². The first-order valence-corrected chi connectivity index (χ1v) is 11.4. The highest BCUT2D eigenvalue weighted by atomic mass is 16.4. The highest BCUT2D eigenvalue weighted by Gasteiger charge is 2.27. The number of benzene rings is 3. The number of amides is 1. The van der Waals surface area contributed by atoms with Crippen LogP contribution in [-0.2, 0) is 23.2 Å². The van der Waals surface area contributed by atoms with E-state index >= 15 is 0 Å². The first-order chi connectivity index (χ1) is 15.8. The van der Waals surface area contributed by atoms with Gasteiger partial charge in [0.25, 0.3) is 0 Å². The number of nitrogens with zero attached hydrogens (tertiary/aromatic N) is 1. The van der Waals surface area contributed by atoms with Gasteiger partial charge in [0, 0.05) is 30.7 Å². The average Bonchev–Trinajstić information content (AvgIpc) is 3.25. The highest BCUT2D eigenvalue weighted by Crippen LogP contribution is 2.32. The van der Waals surface area contributed by atoms with Crippen LogP contribution in [0.15, 0.2) is 72.8 Å². The highest BCUT2D eigenvalue weighted by molar-refractivity contribution is 5.95. The number of carbonyl (C=O) groups is 2. The van der Waals surface area contributed by atoms with Gasteiger partial charge >= 0.3 is 5.97 Å². The molecule has 3 aromatic carbocycles. The fourth-order valence-electron chi connectivity index (χ4n) is 4.49. The third kappa shape index (κ3) is 5.15.